The number of aliphatic hydroxyl groups is 1. The SMILES string of the molecule is CCCN1CC=C[C@]2(C)S[C@]34C=CCN(Cc5ccccc5)C(=O)C3N([C@H](CO)c3ccccc3)C(=O)[C@@H]4[C@@H]2C1=O. The molecule has 1 spiro atoms. The molecular formula is C33H37N3O4S. The van der Waals surface area contributed by atoms with Crippen LogP contribution in [0.2, 0.25) is 0 Å². The normalized spacial score (nSPS) is 31.5. The van der Waals surface area contributed by atoms with Crippen LogP contribution in [0, 0.1) is 11.8 Å². The molecule has 4 heterocycles. The summed E-state index contributed by atoms with van der Waals surface area (Å²) in [5, 5.41) is 10.7. The number of aliphatic hydroxyl groups excluding tert-OH is 1. The van der Waals surface area contributed by atoms with E-state index in [1.54, 1.807) is 21.6 Å². The monoisotopic (exact) mass is 571 g/mol. The first-order valence-corrected chi connectivity index (χ1v) is 15.3. The van der Waals surface area contributed by atoms with Gasteiger partial charge in [-0.25, -0.2) is 0 Å². The molecule has 2 aromatic rings. The third-order valence-electron chi connectivity index (χ3n) is 9.06. The lowest BCUT2D eigenvalue weighted by Crippen LogP contribution is -2.54. The predicted molar refractivity (Wildman–Crippen MR) is 160 cm³/mol. The van der Waals surface area contributed by atoms with Crippen molar-refractivity contribution in [1.29, 1.82) is 0 Å². The number of carbonyl (C=O) groups excluding carboxylic acids is 3. The van der Waals surface area contributed by atoms with E-state index < -0.39 is 33.4 Å². The molecule has 0 aromatic heterocycles. The number of thioether (sulfide) groups is 1. The van der Waals surface area contributed by atoms with Gasteiger partial charge in [-0.05, 0) is 24.5 Å². The van der Waals surface area contributed by atoms with E-state index in [2.05, 4.69) is 6.08 Å². The van der Waals surface area contributed by atoms with Crippen LogP contribution >= 0.6 is 11.8 Å². The van der Waals surface area contributed by atoms with Gasteiger partial charge < -0.3 is 19.8 Å². The molecule has 0 aliphatic carbocycles. The van der Waals surface area contributed by atoms with Crippen molar-refractivity contribution in [3.8, 4) is 0 Å². The van der Waals surface area contributed by atoms with Crippen LogP contribution in [0.15, 0.2) is 85.0 Å². The van der Waals surface area contributed by atoms with Gasteiger partial charge in [0.2, 0.25) is 17.7 Å². The van der Waals surface area contributed by atoms with Crippen molar-refractivity contribution in [1.82, 2.24) is 14.7 Å². The summed E-state index contributed by atoms with van der Waals surface area (Å²) in [6.07, 6.45) is 8.99. The number of likely N-dealkylation sites (tertiary alicyclic amines) is 1. The highest BCUT2D eigenvalue weighted by Gasteiger charge is 2.74. The molecule has 0 radical (unpaired) electrons. The zero-order chi connectivity index (χ0) is 28.8. The molecule has 2 fully saturated rings. The van der Waals surface area contributed by atoms with Gasteiger partial charge in [0, 0.05) is 30.9 Å². The molecule has 8 heteroatoms. The summed E-state index contributed by atoms with van der Waals surface area (Å²) in [6, 6.07) is 17.7. The smallest absolute Gasteiger partial charge is 0.247 e. The Hall–Kier alpha value is -3.36. The molecule has 0 saturated carbocycles. The van der Waals surface area contributed by atoms with E-state index in [-0.39, 0.29) is 24.3 Å². The van der Waals surface area contributed by atoms with Gasteiger partial charge in [-0.2, -0.15) is 0 Å². The van der Waals surface area contributed by atoms with Crippen molar-refractivity contribution >= 4 is 29.5 Å². The number of carbonyl (C=O) groups is 3. The fourth-order valence-electron chi connectivity index (χ4n) is 7.34. The lowest BCUT2D eigenvalue weighted by molar-refractivity contribution is -0.147. The Kier molecular flexibility index (Phi) is 7.32. The van der Waals surface area contributed by atoms with E-state index in [9.17, 15) is 19.5 Å². The van der Waals surface area contributed by atoms with Crippen LogP contribution in [0.4, 0.5) is 0 Å². The van der Waals surface area contributed by atoms with Gasteiger partial charge in [-0.15, -0.1) is 11.8 Å². The molecule has 0 bridgehead atoms. The molecule has 2 aromatic carbocycles. The van der Waals surface area contributed by atoms with Gasteiger partial charge in [0.25, 0.3) is 0 Å². The predicted octanol–water partition coefficient (Wildman–Crippen LogP) is 3.81. The minimum absolute atomic E-state index is 0.0332. The Morgan fingerprint density at radius 1 is 0.878 bits per heavy atom. The molecule has 1 unspecified atom stereocenters. The first-order chi connectivity index (χ1) is 19.8. The highest BCUT2D eigenvalue weighted by Crippen LogP contribution is 2.66. The van der Waals surface area contributed by atoms with Gasteiger partial charge in [0.05, 0.1) is 29.2 Å². The fraction of sp³-hybridized carbons (Fsp3) is 0.424. The first kappa shape index (κ1) is 27.8. The van der Waals surface area contributed by atoms with Crippen molar-refractivity contribution in [3.05, 3.63) is 96.1 Å². The quantitative estimate of drug-likeness (QED) is 0.512. The van der Waals surface area contributed by atoms with Crippen LogP contribution in [-0.2, 0) is 20.9 Å². The summed E-state index contributed by atoms with van der Waals surface area (Å²) in [4.78, 5) is 48.9. The van der Waals surface area contributed by atoms with E-state index in [1.165, 1.54) is 0 Å². The van der Waals surface area contributed by atoms with Gasteiger partial charge in [0.15, 0.2) is 0 Å². The Balaban J connectivity index is 1.49. The zero-order valence-corrected chi connectivity index (χ0v) is 24.4. The van der Waals surface area contributed by atoms with Crippen LogP contribution in [0.25, 0.3) is 0 Å². The van der Waals surface area contributed by atoms with Crippen molar-refractivity contribution in [3.63, 3.8) is 0 Å². The number of fused-ring (bicyclic) bond motifs is 2. The molecule has 6 rings (SSSR count). The molecular weight excluding hydrogens is 534 g/mol. The average molecular weight is 572 g/mol. The second-order valence-corrected chi connectivity index (χ2v) is 13.4. The van der Waals surface area contributed by atoms with Crippen molar-refractivity contribution < 1.29 is 19.5 Å². The largest absolute Gasteiger partial charge is 0.394 e. The van der Waals surface area contributed by atoms with Gasteiger partial charge >= 0.3 is 0 Å². The molecule has 41 heavy (non-hydrogen) atoms. The fourth-order valence-corrected chi connectivity index (χ4v) is 9.48. The van der Waals surface area contributed by atoms with E-state index in [1.807, 2.05) is 97.6 Å². The topological polar surface area (TPSA) is 81.2 Å². The zero-order valence-electron chi connectivity index (χ0n) is 23.6. The van der Waals surface area contributed by atoms with Crippen LogP contribution in [0.5, 0.6) is 0 Å². The summed E-state index contributed by atoms with van der Waals surface area (Å²) in [7, 11) is 0. The Bertz CT molecular complexity index is 1380. The number of rotatable bonds is 7. The Morgan fingerprint density at radius 2 is 1.54 bits per heavy atom. The third-order valence-corrected chi connectivity index (χ3v) is 10.9. The molecule has 4 aliphatic rings. The van der Waals surface area contributed by atoms with E-state index in [4.69, 9.17) is 0 Å². The maximum Gasteiger partial charge on any atom is 0.247 e. The van der Waals surface area contributed by atoms with E-state index in [0.717, 1.165) is 17.5 Å². The summed E-state index contributed by atoms with van der Waals surface area (Å²) in [6.45, 7) is 5.71. The summed E-state index contributed by atoms with van der Waals surface area (Å²) in [5.41, 5.74) is 1.77. The standard InChI is InChI=1S/C33H37N3O4S/c1-3-18-34-19-10-16-32(2)26(29(34)38)27-30(39)36(25(22-37)24-14-8-5-9-15-24)28-31(40)35(20-11-17-33(27,28)41-32)21-23-12-6-4-7-13-23/h4-17,25-28,37H,3,18-22H2,1-2H3/t25-,26-,27+,28?,32+,33+/m1/s1. The molecule has 6 atom stereocenters. The summed E-state index contributed by atoms with van der Waals surface area (Å²) in [5.74, 6) is -1.77. The van der Waals surface area contributed by atoms with Crippen LogP contribution in [0.1, 0.15) is 37.4 Å². The number of hydrogen-bond donors (Lipinski definition) is 1. The molecule has 2 saturated heterocycles. The van der Waals surface area contributed by atoms with Gasteiger partial charge in [-0.1, -0.05) is 91.9 Å². The third kappa shape index (κ3) is 4.43. The van der Waals surface area contributed by atoms with Gasteiger partial charge in [0.1, 0.15) is 6.04 Å². The van der Waals surface area contributed by atoms with Crippen LogP contribution in [-0.4, -0.2) is 79.3 Å². The maximum atomic E-state index is 14.8. The minimum Gasteiger partial charge on any atom is -0.394 e. The highest BCUT2D eigenvalue weighted by molar-refractivity contribution is 8.02. The first-order valence-electron chi connectivity index (χ1n) is 14.5. The highest BCUT2D eigenvalue weighted by atomic mass is 32.2. The lowest BCUT2D eigenvalue weighted by atomic mass is 9.74. The summed E-state index contributed by atoms with van der Waals surface area (Å²) >= 11 is 1.58. The average Bonchev–Trinajstić information content (AvgIpc) is 3.26. The molecule has 214 valence electrons. The second-order valence-electron chi connectivity index (χ2n) is 11.6. The van der Waals surface area contributed by atoms with Crippen molar-refractivity contribution in [2.24, 2.45) is 11.8 Å². The number of benzene rings is 2. The van der Waals surface area contributed by atoms with Crippen LogP contribution in [0.3, 0.4) is 0 Å². The number of hydrogen-bond acceptors (Lipinski definition) is 5. The Labute approximate surface area is 245 Å². The van der Waals surface area contributed by atoms with Gasteiger partial charge in [-0.3, -0.25) is 14.4 Å². The van der Waals surface area contributed by atoms with Crippen molar-refractivity contribution in [2.75, 3.05) is 26.2 Å². The second kappa shape index (κ2) is 10.8. The number of amides is 3. The molecule has 3 amide bonds. The molecule has 4 aliphatic heterocycles. The van der Waals surface area contributed by atoms with Crippen LogP contribution < -0.4 is 0 Å². The molecule has 7 nitrogen and oxygen atoms in total. The van der Waals surface area contributed by atoms with E-state index in [0.29, 0.717) is 26.2 Å². The lowest BCUT2D eigenvalue weighted by Gasteiger charge is -2.40. The molecule has 1 N–H and O–H groups in total. The minimum atomic E-state index is -0.948. The van der Waals surface area contributed by atoms with E-state index >= 15 is 0 Å². The maximum absolute atomic E-state index is 14.8. The Morgan fingerprint density at radius 3 is 2.22 bits per heavy atom. The van der Waals surface area contributed by atoms with Crippen molar-refractivity contribution in [2.45, 2.75) is 48.4 Å². The summed E-state index contributed by atoms with van der Waals surface area (Å²) < 4.78 is -1.60. The number of nitrogens with zero attached hydrogens (tertiary/aromatic N) is 3.